The van der Waals surface area contributed by atoms with Gasteiger partial charge in [-0.15, -0.1) is 0 Å². The van der Waals surface area contributed by atoms with Crippen molar-refractivity contribution in [3.63, 3.8) is 0 Å². The highest BCUT2D eigenvalue weighted by Gasteiger charge is 2.37. The Morgan fingerprint density at radius 1 is 0.848 bits per heavy atom. The molecule has 3 heterocycles. The zero-order chi connectivity index (χ0) is 23.7. The summed E-state index contributed by atoms with van der Waals surface area (Å²) in [5.74, 6) is 0.179. The van der Waals surface area contributed by atoms with E-state index in [-0.39, 0.29) is 11.6 Å². The number of carbonyl (C=O) groups excluding carboxylic acids is 2. The average molecular weight is 468 g/mol. The minimum atomic E-state index is -0.676. The van der Waals surface area contributed by atoms with Gasteiger partial charge >= 0.3 is 0 Å². The number of aromatic nitrogens is 2. The molecular formula is C23H22ClN5O4. The summed E-state index contributed by atoms with van der Waals surface area (Å²) in [5.41, 5.74) is 2.68. The number of nitrogens with zero attached hydrogens (tertiary/aromatic N) is 2. The van der Waals surface area contributed by atoms with Crippen LogP contribution in [-0.2, 0) is 9.59 Å². The predicted molar refractivity (Wildman–Crippen MR) is 122 cm³/mol. The number of hydrogen-bond donors (Lipinski definition) is 3. The third-order valence-corrected chi connectivity index (χ3v) is 5.44. The molecule has 0 saturated carbocycles. The lowest BCUT2D eigenvalue weighted by Crippen LogP contribution is -2.35. The van der Waals surface area contributed by atoms with Gasteiger partial charge in [0.2, 0.25) is 0 Å². The van der Waals surface area contributed by atoms with E-state index >= 15 is 0 Å². The van der Waals surface area contributed by atoms with E-state index in [4.69, 9.17) is 20.6 Å². The summed E-state index contributed by atoms with van der Waals surface area (Å²) in [6.45, 7) is 7.02. The Kier molecular flexibility index (Phi) is 6.06. The molecule has 9 nitrogen and oxygen atoms in total. The second-order valence-corrected chi connectivity index (χ2v) is 8.18. The zero-order valence-corrected chi connectivity index (χ0v) is 19.2. The normalized spacial score (nSPS) is 14.3. The molecule has 0 radical (unpaired) electrons. The van der Waals surface area contributed by atoms with Crippen LogP contribution in [0.2, 0.25) is 5.02 Å². The fraction of sp³-hybridized carbons (Fsp3) is 0.217. The van der Waals surface area contributed by atoms with E-state index in [0.29, 0.717) is 39.1 Å². The smallest absolute Gasteiger partial charge is 0.255 e. The van der Waals surface area contributed by atoms with Crippen LogP contribution in [0, 0.1) is 13.8 Å². The quantitative estimate of drug-likeness (QED) is 0.506. The maximum atomic E-state index is 13.4. The average Bonchev–Trinajstić information content (AvgIpc) is 3.35. The van der Waals surface area contributed by atoms with Crippen molar-refractivity contribution in [1.82, 2.24) is 15.6 Å². The maximum absolute atomic E-state index is 13.4. The van der Waals surface area contributed by atoms with Crippen molar-refractivity contribution in [2.24, 2.45) is 0 Å². The Hall–Kier alpha value is -3.85. The third kappa shape index (κ3) is 4.68. The number of allylic oxidation sites excluding steroid dienone is 2. The molecule has 10 heteroatoms. The number of nitrogens with one attached hydrogen (secondary N) is 3. The lowest BCUT2D eigenvalue weighted by molar-refractivity contribution is -0.113. The predicted octanol–water partition coefficient (Wildman–Crippen LogP) is 4.45. The van der Waals surface area contributed by atoms with Gasteiger partial charge < -0.3 is 25.0 Å². The minimum Gasteiger partial charge on any atom is -0.362 e. The monoisotopic (exact) mass is 467 g/mol. The number of dihydropyridines is 1. The number of rotatable bonds is 5. The van der Waals surface area contributed by atoms with Gasteiger partial charge in [-0.05, 0) is 45.4 Å². The van der Waals surface area contributed by atoms with E-state index in [9.17, 15) is 9.59 Å². The summed E-state index contributed by atoms with van der Waals surface area (Å²) < 4.78 is 10.1. The van der Waals surface area contributed by atoms with Crippen molar-refractivity contribution in [3.8, 4) is 0 Å². The number of amides is 2. The first-order chi connectivity index (χ1) is 15.7. The zero-order valence-electron chi connectivity index (χ0n) is 18.4. The molecule has 2 amide bonds. The number of benzene rings is 1. The fourth-order valence-corrected chi connectivity index (χ4v) is 3.93. The van der Waals surface area contributed by atoms with Crippen LogP contribution < -0.4 is 16.0 Å². The maximum Gasteiger partial charge on any atom is 0.255 e. The first-order valence-corrected chi connectivity index (χ1v) is 10.5. The number of hydrogen-bond acceptors (Lipinski definition) is 7. The molecule has 0 atom stereocenters. The van der Waals surface area contributed by atoms with E-state index < -0.39 is 17.7 Å². The summed E-state index contributed by atoms with van der Waals surface area (Å²) >= 11 is 6.09. The molecule has 1 aromatic carbocycles. The minimum absolute atomic E-state index is 0.281. The Bertz CT molecular complexity index is 1210. The lowest BCUT2D eigenvalue weighted by Gasteiger charge is -2.31. The van der Waals surface area contributed by atoms with Gasteiger partial charge in [0.1, 0.15) is 11.5 Å². The van der Waals surface area contributed by atoms with Gasteiger partial charge in [0.25, 0.3) is 11.8 Å². The second kappa shape index (κ2) is 8.95. The fourth-order valence-electron chi connectivity index (χ4n) is 3.80. The van der Waals surface area contributed by atoms with E-state index in [1.165, 1.54) is 0 Å². The van der Waals surface area contributed by atoms with Crippen LogP contribution in [0.25, 0.3) is 0 Å². The van der Waals surface area contributed by atoms with Gasteiger partial charge in [0.05, 0.1) is 0 Å². The topological polar surface area (TPSA) is 122 Å². The van der Waals surface area contributed by atoms with Gasteiger partial charge in [-0.25, -0.2) is 0 Å². The van der Waals surface area contributed by atoms with Crippen molar-refractivity contribution in [3.05, 3.63) is 81.0 Å². The van der Waals surface area contributed by atoms with Crippen molar-refractivity contribution in [2.75, 3.05) is 10.6 Å². The van der Waals surface area contributed by atoms with Crippen molar-refractivity contribution in [2.45, 2.75) is 33.6 Å². The van der Waals surface area contributed by atoms with Crippen LogP contribution in [0.15, 0.2) is 68.0 Å². The highest BCUT2D eigenvalue weighted by molar-refractivity contribution is 6.30. The largest absolute Gasteiger partial charge is 0.362 e. The number of aryl methyl sites for hydroxylation is 2. The summed E-state index contributed by atoms with van der Waals surface area (Å²) in [6.07, 6.45) is 0. The van der Waals surface area contributed by atoms with Crippen LogP contribution in [0.5, 0.6) is 0 Å². The van der Waals surface area contributed by atoms with E-state index in [0.717, 1.165) is 5.56 Å². The van der Waals surface area contributed by atoms with Crippen molar-refractivity contribution < 1.29 is 18.6 Å². The molecule has 0 bridgehead atoms. The summed E-state index contributed by atoms with van der Waals surface area (Å²) in [6, 6.07) is 10.2. The van der Waals surface area contributed by atoms with Crippen LogP contribution >= 0.6 is 11.6 Å². The molecule has 3 aromatic rings. The first-order valence-electron chi connectivity index (χ1n) is 10.2. The van der Waals surface area contributed by atoms with Crippen LogP contribution in [0.4, 0.5) is 11.6 Å². The van der Waals surface area contributed by atoms with Gasteiger partial charge in [0.15, 0.2) is 11.6 Å². The molecule has 1 aliphatic rings. The molecule has 33 heavy (non-hydrogen) atoms. The lowest BCUT2D eigenvalue weighted by atomic mass is 9.79. The van der Waals surface area contributed by atoms with Crippen molar-refractivity contribution in [1.29, 1.82) is 0 Å². The van der Waals surface area contributed by atoms with E-state index in [2.05, 4.69) is 26.3 Å². The van der Waals surface area contributed by atoms with Crippen LogP contribution in [0.3, 0.4) is 0 Å². The van der Waals surface area contributed by atoms with Crippen LogP contribution in [-0.4, -0.2) is 22.1 Å². The standard InChI is InChI=1S/C23H22ClN5O4/c1-11-9-17(28-32-11)26-22(30)19-13(3)25-14(4)20(21(19)15-5-7-16(24)8-6-15)23(31)27-18-10-12(2)33-29-18/h5-10,21,25H,1-4H3,(H,26,28,30)(H,27,29,31). The molecular weight excluding hydrogens is 446 g/mol. The molecule has 0 spiro atoms. The second-order valence-electron chi connectivity index (χ2n) is 7.74. The summed E-state index contributed by atoms with van der Waals surface area (Å²) in [7, 11) is 0. The summed E-state index contributed by atoms with van der Waals surface area (Å²) in [4.78, 5) is 26.8. The highest BCUT2D eigenvalue weighted by atomic mass is 35.5. The first kappa shape index (κ1) is 22.3. The highest BCUT2D eigenvalue weighted by Crippen LogP contribution is 2.39. The molecule has 1 aliphatic heterocycles. The Balaban J connectivity index is 1.75. The molecule has 2 aromatic heterocycles. The summed E-state index contributed by atoms with van der Waals surface area (Å²) in [5, 5.41) is 16.9. The Morgan fingerprint density at radius 3 is 1.70 bits per heavy atom. The SMILES string of the molecule is CC1=C(C(=O)Nc2cc(C)on2)C(c2ccc(Cl)cc2)C(C(=O)Nc2cc(C)on2)=C(C)N1. The van der Waals surface area contributed by atoms with E-state index in [1.54, 1.807) is 64.1 Å². The molecule has 170 valence electrons. The molecule has 0 aliphatic carbocycles. The van der Waals surface area contributed by atoms with Crippen molar-refractivity contribution >= 4 is 35.1 Å². The van der Waals surface area contributed by atoms with E-state index in [1.807, 2.05) is 0 Å². The molecule has 4 rings (SSSR count). The molecule has 0 saturated heterocycles. The number of anilines is 2. The number of halogens is 1. The third-order valence-electron chi connectivity index (χ3n) is 5.19. The van der Waals surface area contributed by atoms with Gasteiger partial charge in [0, 0.05) is 45.6 Å². The molecule has 0 unspecified atom stereocenters. The molecule has 3 N–H and O–H groups in total. The Labute approximate surface area is 194 Å². The van der Waals surface area contributed by atoms with Crippen LogP contribution in [0.1, 0.15) is 36.8 Å². The van der Waals surface area contributed by atoms with Gasteiger partial charge in [-0.3, -0.25) is 9.59 Å². The number of carbonyl (C=O) groups is 2. The molecule has 0 fully saturated rings. The van der Waals surface area contributed by atoms with Gasteiger partial charge in [-0.1, -0.05) is 34.0 Å². The Morgan fingerprint density at radius 2 is 1.30 bits per heavy atom. The van der Waals surface area contributed by atoms with Gasteiger partial charge in [-0.2, -0.15) is 0 Å².